The average molecular weight is 381 g/mol. The standard InChI is InChI=1S/C17H14F3N3O4/c1-26-14-8-21-7-6-11(14)9-22-10-15(24)23(16(22)25)12-2-4-13(5-3-12)27-17(18,19)20/h2-8H,9-10H2,1H3. The number of imide groups is 1. The molecule has 10 heteroatoms. The highest BCUT2D eigenvalue weighted by molar-refractivity contribution is 6.19. The Hall–Kier alpha value is -3.30. The van der Waals surface area contributed by atoms with Crippen molar-refractivity contribution >= 4 is 17.6 Å². The second kappa shape index (κ2) is 7.14. The first-order chi connectivity index (χ1) is 12.8. The Balaban J connectivity index is 1.76. The van der Waals surface area contributed by atoms with Gasteiger partial charge in [-0.15, -0.1) is 13.2 Å². The molecule has 2 aromatic rings. The topological polar surface area (TPSA) is 72.0 Å². The van der Waals surface area contributed by atoms with Gasteiger partial charge in [-0.2, -0.15) is 0 Å². The molecule has 0 saturated carbocycles. The van der Waals surface area contributed by atoms with E-state index in [0.29, 0.717) is 11.3 Å². The van der Waals surface area contributed by atoms with Gasteiger partial charge in [-0.05, 0) is 30.3 Å². The van der Waals surface area contributed by atoms with Crippen molar-refractivity contribution in [3.8, 4) is 11.5 Å². The van der Waals surface area contributed by atoms with Crippen LogP contribution in [0.3, 0.4) is 0 Å². The van der Waals surface area contributed by atoms with E-state index in [1.807, 2.05) is 0 Å². The molecule has 1 aliphatic rings. The maximum Gasteiger partial charge on any atom is 0.573 e. The van der Waals surface area contributed by atoms with Gasteiger partial charge in [0.05, 0.1) is 25.5 Å². The normalized spacial score (nSPS) is 14.7. The Morgan fingerprint density at radius 3 is 2.48 bits per heavy atom. The van der Waals surface area contributed by atoms with Crippen LogP contribution in [-0.4, -0.2) is 41.8 Å². The van der Waals surface area contributed by atoms with E-state index in [0.717, 1.165) is 17.0 Å². The van der Waals surface area contributed by atoms with Gasteiger partial charge in [-0.25, -0.2) is 9.69 Å². The fourth-order valence-electron chi connectivity index (χ4n) is 2.65. The minimum Gasteiger partial charge on any atom is -0.495 e. The minimum atomic E-state index is -4.82. The summed E-state index contributed by atoms with van der Waals surface area (Å²) in [6, 6.07) is 5.60. The van der Waals surface area contributed by atoms with Crippen LogP contribution in [-0.2, 0) is 11.3 Å². The smallest absolute Gasteiger partial charge is 0.495 e. The molecule has 0 spiro atoms. The van der Waals surface area contributed by atoms with Gasteiger partial charge in [0.15, 0.2) is 0 Å². The summed E-state index contributed by atoms with van der Waals surface area (Å²) < 4.78 is 45.6. The predicted octanol–water partition coefficient (Wildman–Crippen LogP) is 2.96. The number of urea groups is 1. The average Bonchev–Trinajstić information content (AvgIpc) is 2.88. The van der Waals surface area contributed by atoms with E-state index >= 15 is 0 Å². The molecule has 1 aromatic carbocycles. The number of rotatable bonds is 5. The van der Waals surface area contributed by atoms with Gasteiger partial charge in [0, 0.05) is 11.8 Å². The first kappa shape index (κ1) is 18.5. The lowest BCUT2D eigenvalue weighted by Gasteiger charge is -2.18. The number of aromatic nitrogens is 1. The highest BCUT2D eigenvalue weighted by Gasteiger charge is 2.37. The monoisotopic (exact) mass is 381 g/mol. The number of hydrogen-bond donors (Lipinski definition) is 0. The van der Waals surface area contributed by atoms with E-state index in [-0.39, 0.29) is 18.8 Å². The predicted molar refractivity (Wildman–Crippen MR) is 87.2 cm³/mol. The van der Waals surface area contributed by atoms with E-state index < -0.39 is 24.1 Å². The largest absolute Gasteiger partial charge is 0.573 e. The first-order valence-electron chi connectivity index (χ1n) is 7.73. The third kappa shape index (κ3) is 4.10. The van der Waals surface area contributed by atoms with Crippen LogP contribution < -0.4 is 14.4 Å². The number of alkyl halides is 3. The van der Waals surface area contributed by atoms with E-state index in [9.17, 15) is 22.8 Å². The Kier molecular flexibility index (Phi) is 4.89. The van der Waals surface area contributed by atoms with E-state index in [1.54, 1.807) is 6.07 Å². The molecule has 3 amide bonds. The fraction of sp³-hybridized carbons (Fsp3) is 0.235. The Morgan fingerprint density at radius 2 is 1.85 bits per heavy atom. The highest BCUT2D eigenvalue weighted by Crippen LogP contribution is 2.28. The maximum atomic E-state index is 12.6. The molecule has 0 atom stereocenters. The lowest BCUT2D eigenvalue weighted by molar-refractivity contribution is -0.274. The van der Waals surface area contributed by atoms with Gasteiger partial charge in [-0.3, -0.25) is 9.78 Å². The first-order valence-corrected chi connectivity index (χ1v) is 7.73. The zero-order valence-electron chi connectivity index (χ0n) is 14.1. The van der Waals surface area contributed by atoms with Crippen molar-refractivity contribution < 1.29 is 32.2 Å². The van der Waals surface area contributed by atoms with Gasteiger partial charge in [0.1, 0.15) is 18.0 Å². The van der Waals surface area contributed by atoms with Crippen molar-refractivity contribution in [2.24, 2.45) is 0 Å². The number of amides is 3. The van der Waals surface area contributed by atoms with Crippen molar-refractivity contribution in [2.45, 2.75) is 12.9 Å². The van der Waals surface area contributed by atoms with Crippen molar-refractivity contribution in [3.63, 3.8) is 0 Å². The summed E-state index contributed by atoms with van der Waals surface area (Å²) in [5.41, 5.74) is 0.827. The summed E-state index contributed by atoms with van der Waals surface area (Å²) in [5.74, 6) is -0.453. The van der Waals surface area contributed by atoms with E-state index in [1.165, 1.54) is 36.5 Å². The third-order valence-electron chi connectivity index (χ3n) is 3.82. The molecule has 1 aliphatic heterocycles. The summed E-state index contributed by atoms with van der Waals surface area (Å²) >= 11 is 0. The van der Waals surface area contributed by atoms with Gasteiger partial charge < -0.3 is 14.4 Å². The van der Waals surface area contributed by atoms with Crippen LogP contribution in [0.15, 0.2) is 42.7 Å². The molecule has 27 heavy (non-hydrogen) atoms. The molecular formula is C17H14F3N3O4. The second-order valence-electron chi connectivity index (χ2n) is 5.60. The number of anilines is 1. The molecule has 0 bridgehead atoms. The van der Waals surface area contributed by atoms with Gasteiger partial charge in [-0.1, -0.05) is 0 Å². The Morgan fingerprint density at radius 1 is 1.15 bits per heavy atom. The number of carbonyl (C=O) groups is 2. The summed E-state index contributed by atoms with van der Waals surface area (Å²) in [5, 5.41) is 0. The Labute approximate surface area is 151 Å². The Bertz CT molecular complexity index is 855. The number of halogens is 3. The molecular weight excluding hydrogens is 367 g/mol. The minimum absolute atomic E-state index is 0.127. The molecule has 1 aromatic heterocycles. The molecule has 1 fully saturated rings. The van der Waals surface area contributed by atoms with Crippen LogP contribution in [0.5, 0.6) is 11.5 Å². The van der Waals surface area contributed by atoms with Crippen LogP contribution >= 0.6 is 0 Å². The number of nitrogens with zero attached hydrogens (tertiary/aromatic N) is 3. The molecule has 142 valence electrons. The number of hydrogen-bond acceptors (Lipinski definition) is 5. The van der Waals surface area contributed by atoms with Crippen molar-refractivity contribution in [2.75, 3.05) is 18.6 Å². The SMILES string of the molecule is COc1cnccc1CN1CC(=O)N(c2ccc(OC(F)(F)F)cc2)C1=O. The van der Waals surface area contributed by atoms with Crippen molar-refractivity contribution in [1.82, 2.24) is 9.88 Å². The van der Waals surface area contributed by atoms with Crippen molar-refractivity contribution in [1.29, 1.82) is 0 Å². The molecule has 1 saturated heterocycles. The molecule has 0 aliphatic carbocycles. The van der Waals surface area contributed by atoms with E-state index in [4.69, 9.17) is 4.74 Å². The maximum absolute atomic E-state index is 12.6. The van der Waals surface area contributed by atoms with Crippen LogP contribution in [0, 0.1) is 0 Å². The number of methoxy groups -OCH3 is 1. The lowest BCUT2D eigenvalue weighted by Crippen LogP contribution is -2.32. The van der Waals surface area contributed by atoms with Crippen LogP contribution in [0.4, 0.5) is 23.7 Å². The lowest BCUT2D eigenvalue weighted by atomic mass is 10.2. The van der Waals surface area contributed by atoms with Gasteiger partial charge >= 0.3 is 12.4 Å². The number of benzene rings is 1. The zero-order chi connectivity index (χ0) is 19.6. The molecule has 0 radical (unpaired) electrons. The summed E-state index contributed by atoms with van der Waals surface area (Å²) in [6.45, 7) is -0.0346. The molecule has 2 heterocycles. The third-order valence-corrected chi connectivity index (χ3v) is 3.82. The molecule has 3 rings (SSSR count). The summed E-state index contributed by atoms with van der Waals surface area (Å²) in [7, 11) is 1.47. The van der Waals surface area contributed by atoms with E-state index in [2.05, 4.69) is 9.72 Å². The quantitative estimate of drug-likeness (QED) is 0.745. The van der Waals surface area contributed by atoms with Gasteiger partial charge in [0.25, 0.3) is 5.91 Å². The highest BCUT2D eigenvalue weighted by atomic mass is 19.4. The number of pyridine rings is 1. The van der Waals surface area contributed by atoms with Crippen LogP contribution in [0.25, 0.3) is 0 Å². The molecule has 0 N–H and O–H groups in total. The van der Waals surface area contributed by atoms with Crippen molar-refractivity contribution in [3.05, 3.63) is 48.3 Å². The van der Waals surface area contributed by atoms with Crippen LogP contribution in [0.1, 0.15) is 5.56 Å². The summed E-state index contributed by atoms with van der Waals surface area (Å²) in [4.78, 5) is 31.0. The second-order valence-corrected chi connectivity index (χ2v) is 5.60. The van der Waals surface area contributed by atoms with Gasteiger partial charge in [0.2, 0.25) is 0 Å². The fourth-order valence-corrected chi connectivity index (χ4v) is 2.65. The zero-order valence-corrected chi connectivity index (χ0v) is 14.1. The molecule has 0 unspecified atom stereocenters. The van der Waals surface area contributed by atoms with Crippen LogP contribution in [0.2, 0.25) is 0 Å². The molecule has 7 nitrogen and oxygen atoms in total. The number of ether oxygens (including phenoxy) is 2. The number of carbonyl (C=O) groups excluding carboxylic acids is 2. The summed E-state index contributed by atoms with van der Waals surface area (Å²) in [6.07, 6.45) is -1.78.